The summed E-state index contributed by atoms with van der Waals surface area (Å²) in [5.74, 6) is 0.0563. The number of alkyl halides is 1. The number of esters is 2. The van der Waals surface area contributed by atoms with Crippen LogP contribution in [-0.4, -0.2) is 124 Å². The van der Waals surface area contributed by atoms with E-state index in [1.165, 1.54) is 29.2 Å². The van der Waals surface area contributed by atoms with Crippen LogP contribution in [-0.2, 0) is 9.47 Å². The van der Waals surface area contributed by atoms with E-state index in [1.807, 2.05) is 31.1 Å². The molecule has 0 aromatic carbocycles. The van der Waals surface area contributed by atoms with E-state index in [1.54, 1.807) is 30.6 Å². The molecule has 0 atom stereocenters. The van der Waals surface area contributed by atoms with Gasteiger partial charge in [-0.2, -0.15) is 10.2 Å². The molecule has 0 saturated heterocycles. The summed E-state index contributed by atoms with van der Waals surface area (Å²) >= 11 is 3.31. The van der Waals surface area contributed by atoms with Crippen molar-refractivity contribution in [3.8, 4) is 11.5 Å². The van der Waals surface area contributed by atoms with Gasteiger partial charge in [-0.15, -0.1) is 0 Å². The summed E-state index contributed by atoms with van der Waals surface area (Å²) in [6, 6.07) is 6.76. The molecule has 0 aliphatic carbocycles. The molecule has 2 N–H and O–H groups in total. The molecule has 0 unspecified atom stereocenters. The Hall–Kier alpha value is -0.306. The van der Waals surface area contributed by atoms with Gasteiger partial charge in [0.1, 0.15) is 29.2 Å². The van der Waals surface area contributed by atoms with Crippen molar-refractivity contribution in [2.24, 2.45) is 0 Å². The van der Waals surface area contributed by atoms with Crippen LogP contribution in [0, 0.1) is 0 Å². The summed E-state index contributed by atoms with van der Waals surface area (Å²) in [6.07, 6.45) is 4.04. The van der Waals surface area contributed by atoms with E-state index in [9.17, 15) is 14.7 Å². The van der Waals surface area contributed by atoms with E-state index in [-0.39, 0.29) is 150 Å². The van der Waals surface area contributed by atoms with Crippen LogP contribution in [0.4, 0.5) is 4.79 Å². The van der Waals surface area contributed by atoms with Gasteiger partial charge in [0, 0.05) is 18.4 Å². The molecule has 0 fully saturated rings. The quantitative estimate of drug-likeness (QED) is 0.118. The van der Waals surface area contributed by atoms with Crippen LogP contribution in [0.25, 0.3) is 11.0 Å². The van der Waals surface area contributed by atoms with Gasteiger partial charge in [-0.1, -0.05) is 15.9 Å². The number of nitrogens with zero attached hydrogens (tertiary/aromatic N) is 6. The van der Waals surface area contributed by atoms with Crippen LogP contribution in [0.1, 0.15) is 34.6 Å². The van der Waals surface area contributed by atoms with Gasteiger partial charge >= 0.3 is 150 Å². The fourth-order valence-electron chi connectivity index (χ4n) is 3.27. The minimum atomic E-state index is -2.08. The fourth-order valence-corrected chi connectivity index (χ4v) is 3.98. The van der Waals surface area contributed by atoms with Crippen molar-refractivity contribution in [2.75, 3.05) is 66.4 Å². The predicted molar refractivity (Wildman–Crippen MR) is 168 cm³/mol. The maximum Gasteiger partial charge on any atom is 1.00 e. The van der Waals surface area contributed by atoms with E-state index in [0.29, 0.717) is 42.0 Å². The summed E-state index contributed by atoms with van der Waals surface area (Å²) < 4.78 is 18.5. The fraction of sp³-hybridized carbons (Fsp3) is 0.414. The summed E-state index contributed by atoms with van der Waals surface area (Å²) in [6.45, 7) is 6.77. The zero-order valence-corrected chi connectivity index (χ0v) is 42.3. The molecule has 0 aliphatic heterocycles. The van der Waals surface area contributed by atoms with Crippen LogP contribution in [0.2, 0.25) is 0 Å². The minimum Gasteiger partial charge on any atom is -0.565 e. The number of ether oxygens (including phenoxy) is 3. The maximum atomic E-state index is 11.7. The SMILES string of the molecule is CCOC(=O)c1cnn2cc(O)ccc12.CCOC(=O)c1cnn2cc(OCCN(C)C)ccc12.CN(C)CCBr.O=C([O-])O.[Cs+].[Cs+]. The van der Waals surface area contributed by atoms with Crippen molar-refractivity contribution >= 4 is 45.1 Å². The molecule has 248 valence electrons. The maximum absolute atomic E-state index is 11.7. The van der Waals surface area contributed by atoms with Crippen LogP contribution in [0.5, 0.6) is 11.5 Å². The van der Waals surface area contributed by atoms with E-state index >= 15 is 0 Å². The Balaban J connectivity index is 0. The molecular formula is C29H40BrCs2N6O9+. The van der Waals surface area contributed by atoms with Crippen molar-refractivity contribution in [1.29, 1.82) is 0 Å². The molecule has 4 aromatic heterocycles. The number of hydrogen-bond acceptors (Lipinski definition) is 12. The van der Waals surface area contributed by atoms with Gasteiger partial charge in [-0.25, -0.2) is 18.6 Å². The predicted octanol–water partition coefficient (Wildman–Crippen LogP) is -3.49. The zero-order valence-electron chi connectivity index (χ0n) is 28.2. The Morgan fingerprint density at radius 3 is 1.68 bits per heavy atom. The Labute approximate surface area is 400 Å². The minimum absolute atomic E-state index is 0. The van der Waals surface area contributed by atoms with Crippen molar-refractivity contribution in [1.82, 2.24) is 29.0 Å². The average molecular weight is 962 g/mol. The Kier molecular flexibility index (Phi) is 28.5. The number of aromatic hydroxyl groups is 1. The largest absolute Gasteiger partial charge is 1.00 e. The molecule has 47 heavy (non-hydrogen) atoms. The van der Waals surface area contributed by atoms with Crippen molar-refractivity contribution in [3.63, 3.8) is 0 Å². The molecule has 0 radical (unpaired) electrons. The van der Waals surface area contributed by atoms with E-state index in [4.69, 9.17) is 29.2 Å². The molecule has 0 spiro atoms. The molecular weight excluding hydrogens is 922 g/mol. The number of halogens is 1. The molecule has 0 amide bonds. The number of fused-ring (bicyclic) bond motifs is 2. The topological polar surface area (TPSA) is 183 Å². The van der Waals surface area contributed by atoms with Gasteiger partial charge in [0.25, 0.3) is 0 Å². The molecule has 4 heterocycles. The molecule has 15 nitrogen and oxygen atoms in total. The van der Waals surface area contributed by atoms with Gasteiger partial charge < -0.3 is 44.1 Å². The second-order valence-corrected chi connectivity index (χ2v) is 10.2. The second kappa shape index (κ2) is 27.4. The summed E-state index contributed by atoms with van der Waals surface area (Å²) in [5.41, 5.74) is 2.19. The molecule has 4 rings (SSSR count). The number of carboxylic acid groups (broad SMARTS) is 2. The Bertz CT molecular complexity index is 1500. The first kappa shape index (κ1) is 48.8. The van der Waals surface area contributed by atoms with Crippen molar-refractivity contribution < 1.29 is 182 Å². The first-order chi connectivity index (χ1) is 21.3. The van der Waals surface area contributed by atoms with Gasteiger partial charge in [0.2, 0.25) is 6.16 Å². The first-order valence-electron chi connectivity index (χ1n) is 13.7. The van der Waals surface area contributed by atoms with E-state index < -0.39 is 12.1 Å². The van der Waals surface area contributed by atoms with Crippen molar-refractivity contribution in [2.45, 2.75) is 13.8 Å². The molecule has 0 aliphatic rings. The zero-order chi connectivity index (χ0) is 33.9. The Morgan fingerprint density at radius 2 is 1.28 bits per heavy atom. The summed E-state index contributed by atoms with van der Waals surface area (Å²) in [5, 5.41) is 33.7. The molecule has 0 saturated carbocycles. The number of rotatable bonds is 10. The van der Waals surface area contributed by atoms with E-state index in [2.05, 4.69) is 45.1 Å². The number of pyridine rings is 2. The third-order valence-corrected chi connectivity index (χ3v) is 5.67. The van der Waals surface area contributed by atoms with Crippen LogP contribution in [0.15, 0.2) is 49.1 Å². The summed E-state index contributed by atoms with van der Waals surface area (Å²) in [7, 11) is 8.10. The second-order valence-electron chi connectivity index (χ2n) is 9.38. The monoisotopic (exact) mass is 961 g/mol. The smallest absolute Gasteiger partial charge is 0.565 e. The average Bonchev–Trinajstić information content (AvgIpc) is 3.57. The number of hydrogen-bond donors (Lipinski definition) is 2. The Morgan fingerprint density at radius 1 is 0.830 bits per heavy atom. The van der Waals surface area contributed by atoms with Crippen LogP contribution in [0.3, 0.4) is 0 Å². The third-order valence-electron chi connectivity index (χ3n) is 5.32. The van der Waals surface area contributed by atoms with Crippen molar-refractivity contribution in [3.05, 3.63) is 60.2 Å². The van der Waals surface area contributed by atoms with Gasteiger partial charge in [0.15, 0.2) is 0 Å². The number of likely N-dealkylation sites (N-methyl/N-ethyl adjacent to an activating group) is 1. The number of carbonyl (C=O) groups excluding carboxylic acids is 2. The number of carbonyl (C=O) groups is 3. The molecule has 18 heteroatoms. The van der Waals surface area contributed by atoms with Gasteiger partial charge in [0.05, 0.1) is 49.0 Å². The number of aromatic nitrogens is 4. The standard InChI is InChI=1S/C14H19N3O3.C10H10N2O3.C4H10BrN.CH2O3.2Cs/c1-4-19-14(18)12-9-15-17-10-11(5-6-13(12)17)20-8-7-16(2)3;1-2-15-10(14)8-5-11-12-6-7(13)3-4-9(8)12;1-6(2)4-3-5;2-1(3)4;;/h5-6,9-10H,4,7-8H2,1-3H3;3-6,13H,2H2,1H3;3-4H2,1-2H3;(H2,2,3,4);;/q;;;;2*+1/p-1. The summed E-state index contributed by atoms with van der Waals surface area (Å²) in [4.78, 5) is 35.8. The van der Waals surface area contributed by atoms with Gasteiger partial charge in [-0.05, 0) is 66.3 Å². The first-order valence-corrected chi connectivity index (χ1v) is 14.8. The van der Waals surface area contributed by atoms with Crippen LogP contribution < -0.4 is 148 Å². The molecule has 0 bridgehead atoms. The van der Waals surface area contributed by atoms with E-state index in [0.717, 1.165) is 24.2 Å². The normalized spacial score (nSPS) is 9.81. The molecule has 4 aromatic rings. The van der Waals surface area contributed by atoms with Crippen LogP contribution >= 0.6 is 15.9 Å². The third kappa shape index (κ3) is 19.6. The van der Waals surface area contributed by atoms with Gasteiger partial charge in [-0.3, -0.25) is 0 Å².